The Morgan fingerprint density at radius 1 is 1.17 bits per heavy atom. The van der Waals surface area contributed by atoms with Gasteiger partial charge in [0.1, 0.15) is 0 Å². The number of anilines is 1. The highest BCUT2D eigenvalue weighted by atomic mass is 16.5. The number of nitrogens with zero attached hydrogens (tertiary/aromatic N) is 1. The lowest BCUT2D eigenvalue weighted by Gasteiger charge is -2.25. The number of carbonyl (C=O) groups is 3. The monoisotopic (exact) mass is 394 g/mol. The second-order valence-electron chi connectivity index (χ2n) is 7.51. The van der Waals surface area contributed by atoms with Crippen molar-refractivity contribution in [1.82, 2.24) is 4.90 Å². The van der Waals surface area contributed by atoms with Crippen molar-refractivity contribution < 1.29 is 19.1 Å². The molecule has 2 aromatic rings. The number of nitrogens with one attached hydrogen (secondary N) is 1. The van der Waals surface area contributed by atoms with E-state index in [1.165, 1.54) is 0 Å². The van der Waals surface area contributed by atoms with E-state index in [-0.39, 0.29) is 25.0 Å². The van der Waals surface area contributed by atoms with E-state index in [0.717, 1.165) is 16.7 Å². The number of rotatable bonds is 6. The molecule has 0 saturated carbocycles. The van der Waals surface area contributed by atoms with Crippen LogP contribution in [0.4, 0.5) is 5.69 Å². The zero-order valence-corrected chi connectivity index (χ0v) is 17.0. The Hall–Kier alpha value is -3.15. The molecule has 1 aliphatic rings. The van der Waals surface area contributed by atoms with Crippen molar-refractivity contribution in [3.63, 3.8) is 0 Å². The first kappa shape index (κ1) is 20.6. The highest BCUT2D eigenvalue weighted by Gasteiger charge is 2.38. The van der Waals surface area contributed by atoms with Gasteiger partial charge in [-0.2, -0.15) is 0 Å². The number of hydrogen-bond donors (Lipinski definition) is 1. The summed E-state index contributed by atoms with van der Waals surface area (Å²) in [5.41, 5.74) is 3.75. The lowest BCUT2D eigenvalue weighted by molar-refractivity contribution is -0.151. The molecule has 2 atom stereocenters. The molecule has 6 nitrogen and oxygen atoms in total. The average Bonchev–Trinajstić information content (AvgIpc) is 3.10. The van der Waals surface area contributed by atoms with Gasteiger partial charge in [-0.25, -0.2) is 0 Å². The van der Waals surface area contributed by atoms with Crippen LogP contribution >= 0.6 is 0 Å². The zero-order chi connectivity index (χ0) is 21.0. The number of ether oxygens (including phenoxy) is 1. The Labute approximate surface area is 170 Å². The average molecular weight is 394 g/mol. The predicted molar refractivity (Wildman–Crippen MR) is 110 cm³/mol. The standard InChI is InChI=1S/C23H26N2O4/c1-15-9-10-20(16(2)11-15)24-21(26)14-29-23(28)19-12-22(27)25(13-19)17(3)18-7-5-4-6-8-18/h4-11,17,19H,12-14H2,1-3H3,(H,24,26)/t17-,19+/m0/s1. The fourth-order valence-corrected chi connectivity index (χ4v) is 3.57. The third-order valence-electron chi connectivity index (χ3n) is 5.24. The van der Waals surface area contributed by atoms with Gasteiger partial charge in [0.05, 0.1) is 12.0 Å². The van der Waals surface area contributed by atoms with Crippen molar-refractivity contribution in [3.8, 4) is 0 Å². The quantitative estimate of drug-likeness (QED) is 0.762. The summed E-state index contributed by atoms with van der Waals surface area (Å²) >= 11 is 0. The Balaban J connectivity index is 1.52. The number of aryl methyl sites for hydroxylation is 2. The molecule has 2 aromatic carbocycles. The Morgan fingerprint density at radius 2 is 1.90 bits per heavy atom. The van der Waals surface area contributed by atoms with Crippen LogP contribution < -0.4 is 5.32 Å². The number of hydrogen-bond acceptors (Lipinski definition) is 4. The van der Waals surface area contributed by atoms with Crippen molar-refractivity contribution in [3.05, 3.63) is 65.2 Å². The van der Waals surface area contributed by atoms with E-state index < -0.39 is 17.8 Å². The molecule has 152 valence electrons. The van der Waals surface area contributed by atoms with E-state index in [4.69, 9.17) is 4.74 Å². The third kappa shape index (κ3) is 5.02. The first-order valence-corrected chi connectivity index (χ1v) is 9.73. The Bertz CT molecular complexity index is 910. The summed E-state index contributed by atoms with van der Waals surface area (Å²) in [4.78, 5) is 38.6. The fourth-order valence-electron chi connectivity index (χ4n) is 3.57. The summed E-state index contributed by atoms with van der Waals surface area (Å²) < 4.78 is 5.18. The van der Waals surface area contributed by atoms with Crippen molar-refractivity contribution in [2.24, 2.45) is 5.92 Å². The minimum Gasteiger partial charge on any atom is -0.455 e. The maximum absolute atomic E-state index is 12.4. The van der Waals surface area contributed by atoms with Crippen LogP contribution in [0, 0.1) is 19.8 Å². The van der Waals surface area contributed by atoms with Crippen LogP contribution in [0.1, 0.15) is 36.1 Å². The Kier molecular flexibility index (Phi) is 6.32. The zero-order valence-electron chi connectivity index (χ0n) is 17.0. The lowest BCUT2D eigenvalue weighted by atomic mass is 10.1. The van der Waals surface area contributed by atoms with Gasteiger partial charge in [-0.1, -0.05) is 48.0 Å². The topological polar surface area (TPSA) is 75.7 Å². The highest BCUT2D eigenvalue weighted by Crippen LogP contribution is 2.29. The van der Waals surface area contributed by atoms with Crippen molar-refractivity contribution >= 4 is 23.5 Å². The first-order chi connectivity index (χ1) is 13.8. The minimum atomic E-state index is -0.553. The van der Waals surface area contributed by atoms with E-state index in [2.05, 4.69) is 5.32 Å². The summed E-state index contributed by atoms with van der Waals surface area (Å²) in [6.07, 6.45) is 0.106. The van der Waals surface area contributed by atoms with Gasteiger partial charge in [0.25, 0.3) is 5.91 Å². The molecule has 1 aliphatic heterocycles. The lowest BCUT2D eigenvalue weighted by Crippen LogP contribution is -2.30. The van der Waals surface area contributed by atoms with Crippen LogP contribution in [0.25, 0.3) is 0 Å². The molecule has 0 spiro atoms. The molecule has 0 aliphatic carbocycles. The van der Waals surface area contributed by atoms with E-state index in [1.54, 1.807) is 4.90 Å². The smallest absolute Gasteiger partial charge is 0.311 e. The summed E-state index contributed by atoms with van der Waals surface area (Å²) in [5.74, 6) is -1.55. The summed E-state index contributed by atoms with van der Waals surface area (Å²) in [5, 5.41) is 2.75. The minimum absolute atomic E-state index is 0.0805. The van der Waals surface area contributed by atoms with Gasteiger partial charge in [-0.15, -0.1) is 0 Å². The Morgan fingerprint density at radius 3 is 2.59 bits per heavy atom. The molecule has 29 heavy (non-hydrogen) atoms. The first-order valence-electron chi connectivity index (χ1n) is 9.73. The molecule has 1 heterocycles. The third-order valence-corrected chi connectivity index (χ3v) is 5.24. The predicted octanol–water partition coefficient (Wildman–Crippen LogP) is 3.39. The van der Waals surface area contributed by atoms with Crippen LogP contribution in [0.5, 0.6) is 0 Å². The van der Waals surface area contributed by atoms with Gasteiger partial charge >= 0.3 is 5.97 Å². The second-order valence-corrected chi connectivity index (χ2v) is 7.51. The molecule has 0 unspecified atom stereocenters. The van der Waals surface area contributed by atoms with E-state index in [1.807, 2.05) is 69.3 Å². The van der Waals surface area contributed by atoms with Gasteiger partial charge in [0.2, 0.25) is 5.91 Å². The number of carbonyl (C=O) groups excluding carboxylic acids is 3. The van der Waals surface area contributed by atoms with Crippen molar-refractivity contribution in [2.45, 2.75) is 33.2 Å². The number of esters is 1. The second kappa shape index (κ2) is 8.90. The number of amides is 2. The van der Waals surface area contributed by atoms with E-state index >= 15 is 0 Å². The van der Waals surface area contributed by atoms with Crippen LogP contribution in [0.2, 0.25) is 0 Å². The molecule has 6 heteroatoms. The maximum atomic E-state index is 12.4. The molecule has 1 N–H and O–H groups in total. The molecular formula is C23H26N2O4. The van der Waals surface area contributed by atoms with Crippen molar-refractivity contribution in [2.75, 3.05) is 18.5 Å². The van der Waals surface area contributed by atoms with Gasteiger partial charge in [0, 0.05) is 18.7 Å². The molecule has 0 aromatic heterocycles. The van der Waals surface area contributed by atoms with Gasteiger partial charge < -0.3 is 15.0 Å². The summed E-state index contributed by atoms with van der Waals surface area (Å²) in [6.45, 7) is 5.75. The highest BCUT2D eigenvalue weighted by molar-refractivity contribution is 5.94. The molecule has 2 amide bonds. The van der Waals surface area contributed by atoms with Crippen LogP contribution in [-0.2, 0) is 19.1 Å². The van der Waals surface area contributed by atoms with Crippen LogP contribution in [0.3, 0.4) is 0 Å². The number of likely N-dealkylation sites (tertiary alicyclic amines) is 1. The van der Waals surface area contributed by atoms with Crippen LogP contribution in [0.15, 0.2) is 48.5 Å². The summed E-state index contributed by atoms with van der Waals surface area (Å²) in [7, 11) is 0. The molecule has 1 fully saturated rings. The molecule has 0 radical (unpaired) electrons. The molecular weight excluding hydrogens is 368 g/mol. The van der Waals surface area contributed by atoms with Gasteiger partial charge in [-0.3, -0.25) is 14.4 Å². The van der Waals surface area contributed by atoms with E-state index in [0.29, 0.717) is 12.2 Å². The normalized spacial score (nSPS) is 17.1. The SMILES string of the molecule is Cc1ccc(NC(=O)COC(=O)[C@@H]2CC(=O)N([C@@H](C)c3ccccc3)C2)c(C)c1. The van der Waals surface area contributed by atoms with Gasteiger partial charge in [-0.05, 0) is 38.0 Å². The fraction of sp³-hybridized carbons (Fsp3) is 0.348. The molecule has 0 bridgehead atoms. The molecule has 1 saturated heterocycles. The van der Waals surface area contributed by atoms with Crippen LogP contribution in [-0.4, -0.2) is 35.8 Å². The molecule has 3 rings (SSSR count). The van der Waals surface area contributed by atoms with Crippen molar-refractivity contribution in [1.29, 1.82) is 0 Å². The maximum Gasteiger partial charge on any atom is 0.311 e. The van der Waals surface area contributed by atoms with Gasteiger partial charge in [0.15, 0.2) is 6.61 Å². The van der Waals surface area contributed by atoms with E-state index in [9.17, 15) is 14.4 Å². The number of benzene rings is 2. The largest absolute Gasteiger partial charge is 0.455 e. The summed E-state index contributed by atoms with van der Waals surface area (Å²) in [6, 6.07) is 15.3.